The van der Waals surface area contributed by atoms with Gasteiger partial charge in [-0.1, -0.05) is 12.1 Å². The molecule has 1 unspecified atom stereocenters. The first-order chi connectivity index (χ1) is 21.9. The van der Waals surface area contributed by atoms with Gasteiger partial charge in [0.1, 0.15) is 17.4 Å². The van der Waals surface area contributed by atoms with Crippen LogP contribution >= 0.6 is 0 Å². The number of rotatable bonds is 20. The lowest BCUT2D eigenvalue weighted by atomic mass is 10.0. The van der Waals surface area contributed by atoms with E-state index in [1.165, 1.54) is 25.2 Å². The Hall–Kier alpha value is -4.08. The molecule has 46 heavy (non-hydrogen) atoms. The van der Waals surface area contributed by atoms with Gasteiger partial charge >= 0.3 is 6.09 Å². The van der Waals surface area contributed by atoms with Crippen LogP contribution in [0.15, 0.2) is 18.2 Å². The SMILES string of the molecule is CN(C(=O)c1c(C=O)cccc1OCC(=O)NCCCOCCOCCOCCCNC(=O)OC(C)(C)C)C1CCC(=O)NC1=O. The van der Waals surface area contributed by atoms with Crippen molar-refractivity contribution in [2.75, 3.05) is 66.4 Å². The number of carbonyl (C=O) groups is 6. The van der Waals surface area contributed by atoms with Crippen molar-refractivity contribution < 1.29 is 52.5 Å². The van der Waals surface area contributed by atoms with Crippen LogP contribution in [0, 0.1) is 0 Å². The lowest BCUT2D eigenvalue weighted by Crippen LogP contribution is -2.53. The van der Waals surface area contributed by atoms with E-state index < -0.39 is 48.0 Å². The summed E-state index contributed by atoms with van der Waals surface area (Å²) in [5.41, 5.74) is -0.563. The fourth-order valence-corrected chi connectivity index (χ4v) is 4.18. The third-order valence-corrected chi connectivity index (χ3v) is 6.42. The highest BCUT2D eigenvalue weighted by molar-refractivity contribution is 6.07. The maximum absolute atomic E-state index is 13.3. The number of imide groups is 1. The summed E-state index contributed by atoms with van der Waals surface area (Å²) in [5, 5.41) is 7.56. The number of amides is 5. The van der Waals surface area contributed by atoms with Gasteiger partial charge in [0.2, 0.25) is 11.8 Å². The number of hydrogen-bond donors (Lipinski definition) is 3. The number of alkyl carbamates (subject to hydrolysis) is 1. The molecule has 3 N–H and O–H groups in total. The van der Waals surface area contributed by atoms with Crippen LogP contribution in [0.1, 0.15) is 67.2 Å². The van der Waals surface area contributed by atoms with Gasteiger partial charge < -0.3 is 39.2 Å². The molecule has 5 amide bonds. The molecule has 15 nitrogen and oxygen atoms in total. The van der Waals surface area contributed by atoms with Crippen molar-refractivity contribution in [3.05, 3.63) is 29.3 Å². The number of piperidine rings is 1. The molecule has 15 heteroatoms. The molecule has 1 aliphatic rings. The van der Waals surface area contributed by atoms with Gasteiger partial charge in [0.25, 0.3) is 11.8 Å². The number of aldehydes is 1. The highest BCUT2D eigenvalue weighted by Crippen LogP contribution is 2.25. The fourth-order valence-electron chi connectivity index (χ4n) is 4.18. The van der Waals surface area contributed by atoms with Gasteiger partial charge in [-0.15, -0.1) is 0 Å². The molecule has 2 rings (SSSR count). The lowest BCUT2D eigenvalue weighted by molar-refractivity contribution is -0.136. The summed E-state index contributed by atoms with van der Waals surface area (Å²) < 4.78 is 27.1. The van der Waals surface area contributed by atoms with Crippen molar-refractivity contribution in [1.29, 1.82) is 0 Å². The number of benzene rings is 1. The van der Waals surface area contributed by atoms with E-state index in [0.717, 1.165) is 4.90 Å². The molecular weight excluding hydrogens is 604 g/mol. The summed E-state index contributed by atoms with van der Waals surface area (Å²) in [6, 6.07) is 3.52. The van der Waals surface area contributed by atoms with Gasteiger partial charge in [-0.2, -0.15) is 0 Å². The standard InChI is InChI=1S/C31H46N4O11/c1-31(2,3)46-30(41)33-13-7-15-43-17-19-44-18-16-42-14-6-12-32-26(38)21-45-24-9-5-8-22(20-36)27(24)29(40)35(4)23-10-11-25(37)34-28(23)39/h5,8-9,20,23H,6-7,10-19,21H2,1-4H3,(H,32,38)(H,33,41)(H,34,37,39). The molecule has 256 valence electrons. The first-order valence-corrected chi connectivity index (χ1v) is 15.2. The van der Waals surface area contributed by atoms with E-state index >= 15 is 0 Å². The van der Waals surface area contributed by atoms with Crippen molar-refractivity contribution in [1.82, 2.24) is 20.9 Å². The number of nitrogens with one attached hydrogen (secondary N) is 3. The van der Waals surface area contributed by atoms with Crippen molar-refractivity contribution in [3.8, 4) is 5.75 Å². The average molecular weight is 651 g/mol. The van der Waals surface area contributed by atoms with Crippen LogP contribution in [0.4, 0.5) is 4.79 Å². The summed E-state index contributed by atoms with van der Waals surface area (Å²) in [5.74, 6) is -2.07. The second-order valence-corrected chi connectivity index (χ2v) is 11.3. The van der Waals surface area contributed by atoms with Crippen LogP contribution < -0.4 is 20.7 Å². The molecule has 1 aromatic rings. The molecule has 1 heterocycles. The smallest absolute Gasteiger partial charge is 0.407 e. The monoisotopic (exact) mass is 650 g/mol. The van der Waals surface area contributed by atoms with Crippen molar-refractivity contribution in [2.24, 2.45) is 0 Å². The van der Waals surface area contributed by atoms with Crippen LogP contribution in [0.3, 0.4) is 0 Å². The topological polar surface area (TPSA) is 188 Å². The zero-order valence-electron chi connectivity index (χ0n) is 27.0. The lowest BCUT2D eigenvalue weighted by Gasteiger charge is -2.30. The molecule has 0 aromatic heterocycles. The second kappa shape index (κ2) is 20.1. The number of nitrogens with zero attached hydrogens (tertiary/aromatic N) is 1. The Kier molecular flexibility index (Phi) is 16.7. The van der Waals surface area contributed by atoms with Crippen LogP contribution in [0.5, 0.6) is 5.75 Å². The predicted octanol–water partition coefficient (Wildman–Crippen LogP) is 1.23. The number of hydrogen-bond acceptors (Lipinski definition) is 11. The molecule has 0 spiro atoms. The third kappa shape index (κ3) is 14.3. The summed E-state index contributed by atoms with van der Waals surface area (Å²) in [7, 11) is 1.40. The number of carbonyl (C=O) groups excluding carboxylic acids is 6. The van der Waals surface area contributed by atoms with E-state index in [4.69, 9.17) is 23.7 Å². The van der Waals surface area contributed by atoms with E-state index in [1.807, 2.05) is 0 Å². The maximum Gasteiger partial charge on any atom is 0.407 e. The minimum absolute atomic E-state index is 0.0211. The summed E-state index contributed by atoms with van der Waals surface area (Å²) >= 11 is 0. The minimum Gasteiger partial charge on any atom is -0.483 e. The van der Waals surface area contributed by atoms with Crippen LogP contribution in [-0.4, -0.2) is 119 Å². The van der Waals surface area contributed by atoms with Crippen molar-refractivity contribution in [2.45, 2.75) is 58.1 Å². The first-order valence-electron chi connectivity index (χ1n) is 15.2. The zero-order chi connectivity index (χ0) is 34.0. The minimum atomic E-state index is -0.888. The van der Waals surface area contributed by atoms with Gasteiger partial charge in [0.15, 0.2) is 12.9 Å². The maximum atomic E-state index is 13.3. The molecule has 0 radical (unpaired) electrons. The van der Waals surface area contributed by atoms with Gasteiger partial charge in [-0.25, -0.2) is 4.79 Å². The average Bonchev–Trinajstić information content (AvgIpc) is 3.00. The van der Waals surface area contributed by atoms with Gasteiger partial charge in [0.05, 0.1) is 32.0 Å². The van der Waals surface area contributed by atoms with Gasteiger partial charge in [-0.3, -0.25) is 29.3 Å². The Labute approximate surface area is 268 Å². The molecule has 1 aromatic carbocycles. The highest BCUT2D eigenvalue weighted by Gasteiger charge is 2.34. The molecule has 1 fully saturated rings. The Balaban J connectivity index is 1.57. The second-order valence-electron chi connectivity index (χ2n) is 11.3. The Bertz CT molecular complexity index is 1190. The Morgan fingerprint density at radius 2 is 1.57 bits per heavy atom. The third-order valence-electron chi connectivity index (χ3n) is 6.42. The molecule has 1 saturated heterocycles. The van der Waals surface area contributed by atoms with Gasteiger partial charge in [-0.05, 0) is 46.1 Å². The van der Waals surface area contributed by atoms with E-state index in [2.05, 4.69) is 16.0 Å². The Morgan fingerprint density at radius 3 is 2.15 bits per heavy atom. The van der Waals surface area contributed by atoms with Gasteiger partial charge in [0, 0.05) is 45.3 Å². The normalized spacial score (nSPS) is 14.7. The number of likely N-dealkylation sites (N-methyl/N-ethyl adjacent to an activating group) is 1. The molecule has 0 aliphatic carbocycles. The summed E-state index contributed by atoms with van der Waals surface area (Å²) in [4.78, 5) is 73.7. The number of ether oxygens (including phenoxy) is 5. The highest BCUT2D eigenvalue weighted by atomic mass is 16.6. The van der Waals surface area contributed by atoms with E-state index in [-0.39, 0.29) is 29.7 Å². The Morgan fingerprint density at radius 1 is 0.957 bits per heavy atom. The molecular formula is C31H46N4O11. The predicted molar refractivity (Wildman–Crippen MR) is 165 cm³/mol. The van der Waals surface area contributed by atoms with E-state index in [1.54, 1.807) is 20.8 Å². The van der Waals surface area contributed by atoms with Crippen molar-refractivity contribution >= 4 is 36.0 Å². The van der Waals surface area contributed by atoms with Crippen LogP contribution in [-0.2, 0) is 33.3 Å². The quantitative estimate of drug-likeness (QED) is 0.105. The summed E-state index contributed by atoms with van der Waals surface area (Å²) in [6.45, 7) is 8.29. The van der Waals surface area contributed by atoms with E-state index in [0.29, 0.717) is 71.9 Å². The first kappa shape index (κ1) is 38.1. The molecule has 1 aliphatic heterocycles. The largest absolute Gasteiger partial charge is 0.483 e. The fraction of sp³-hybridized carbons (Fsp3) is 0.613. The zero-order valence-corrected chi connectivity index (χ0v) is 27.0. The molecule has 1 atom stereocenters. The van der Waals surface area contributed by atoms with Crippen LogP contribution in [0.2, 0.25) is 0 Å². The van der Waals surface area contributed by atoms with Crippen molar-refractivity contribution in [3.63, 3.8) is 0 Å². The van der Waals surface area contributed by atoms with Crippen LogP contribution in [0.25, 0.3) is 0 Å². The molecule has 0 saturated carbocycles. The summed E-state index contributed by atoms with van der Waals surface area (Å²) in [6.07, 6.45) is 1.49. The molecule has 0 bridgehead atoms. The van der Waals surface area contributed by atoms with E-state index in [9.17, 15) is 28.8 Å².